The molecule has 0 atom stereocenters. The zero-order valence-electron chi connectivity index (χ0n) is 10.8. The predicted octanol–water partition coefficient (Wildman–Crippen LogP) is 3.13. The van der Waals surface area contributed by atoms with E-state index < -0.39 is 0 Å². The Kier molecular flexibility index (Phi) is 6.31. The predicted molar refractivity (Wildman–Crippen MR) is 77.4 cm³/mol. The summed E-state index contributed by atoms with van der Waals surface area (Å²) >= 11 is 9.33. The number of ether oxygens (including phenoxy) is 1. The molecule has 0 aromatic heterocycles. The van der Waals surface area contributed by atoms with Gasteiger partial charge in [0, 0.05) is 18.1 Å². The highest BCUT2D eigenvalue weighted by atomic mass is 79.9. The Morgan fingerprint density at radius 1 is 1.42 bits per heavy atom. The Bertz CT molecular complexity index is 479. The van der Waals surface area contributed by atoms with Crippen molar-refractivity contribution in [2.24, 2.45) is 0 Å². The van der Waals surface area contributed by atoms with Crippen molar-refractivity contribution in [2.75, 3.05) is 20.2 Å². The zero-order valence-corrected chi connectivity index (χ0v) is 13.1. The van der Waals surface area contributed by atoms with Crippen LogP contribution in [-0.4, -0.2) is 37.0 Å². The lowest BCUT2D eigenvalue weighted by Crippen LogP contribution is -2.29. The second-order valence-corrected chi connectivity index (χ2v) is 5.12. The van der Waals surface area contributed by atoms with Crippen molar-refractivity contribution in [1.82, 2.24) is 4.90 Å². The van der Waals surface area contributed by atoms with E-state index in [-0.39, 0.29) is 18.3 Å². The lowest BCUT2D eigenvalue weighted by Gasteiger charge is -2.17. The van der Waals surface area contributed by atoms with Crippen LogP contribution in [0.5, 0.6) is 0 Å². The van der Waals surface area contributed by atoms with Crippen LogP contribution in [0.2, 0.25) is 5.02 Å². The molecule has 1 aromatic carbocycles. The summed E-state index contributed by atoms with van der Waals surface area (Å²) in [4.78, 5) is 24.8. The van der Waals surface area contributed by atoms with Crippen LogP contribution in [0.25, 0.3) is 0 Å². The van der Waals surface area contributed by atoms with Gasteiger partial charge in [-0.25, -0.2) is 0 Å². The van der Waals surface area contributed by atoms with Crippen LogP contribution in [0.4, 0.5) is 0 Å². The van der Waals surface area contributed by atoms with Gasteiger partial charge >= 0.3 is 5.97 Å². The molecule has 4 nitrogen and oxygen atoms in total. The van der Waals surface area contributed by atoms with Gasteiger partial charge in [-0.3, -0.25) is 9.59 Å². The van der Waals surface area contributed by atoms with Crippen LogP contribution >= 0.6 is 27.5 Å². The lowest BCUT2D eigenvalue weighted by molar-refractivity contribution is -0.143. The molecule has 1 amide bonds. The number of hydrogen-bond acceptors (Lipinski definition) is 3. The Hall–Kier alpha value is -1.07. The largest absolute Gasteiger partial charge is 0.466 e. The fourth-order valence-corrected chi connectivity index (χ4v) is 2.04. The normalized spacial score (nSPS) is 10.1. The first-order valence-corrected chi connectivity index (χ1v) is 6.99. The summed E-state index contributed by atoms with van der Waals surface area (Å²) in [6.45, 7) is 2.38. The van der Waals surface area contributed by atoms with Crippen LogP contribution in [0.15, 0.2) is 22.7 Å². The van der Waals surface area contributed by atoms with E-state index in [0.29, 0.717) is 28.2 Å². The molecule has 0 radical (unpaired) electrons. The van der Waals surface area contributed by atoms with Crippen LogP contribution in [0.3, 0.4) is 0 Å². The van der Waals surface area contributed by atoms with Crippen LogP contribution in [-0.2, 0) is 9.53 Å². The van der Waals surface area contributed by atoms with E-state index in [1.807, 2.05) is 0 Å². The third kappa shape index (κ3) is 4.51. The topological polar surface area (TPSA) is 46.6 Å². The molecule has 0 unspecified atom stereocenters. The number of esters is 1. The summed E-state index contributed by atoms with van der Waals surface area (Å²) in [5.41, 5.74) is 0.405. The maximum Gasteiger partial charge on any atom is 0.307 e. The van der Waals surface area contributed by atoms with Crippen molar-refractivity contribution in [3.8, 4) is 0 Å². The van der Waals surface area contributed by atoms with E-state index >= 15 is 0 Å². The van der Waals surface area contributed by atoms with E-state index in [0.717, 1.165) is 0 Å². The first kappa shape index (κ1) is 16.0. The van der Waals surface area contributed by atoms with Crippen molar-refractivity contribution in [3.63, 3.8) is 0 Å². The minimum Gasteiger partial charge on any atom is -0.466 e. The molecule has 0 aliphatic carbocycles. The Morgan fingerprint density at radius 2 is 2.11 bits per heavy atom. The lowest BCUT2D eigenvalue weighted by atomic mass is 10.2. The molecule has 19 heavy (non-hydrogen) atoms. The van der Waals surface area contributed by atoms with Crippen molar-refractivity contribution < 1.29 is 14.3 Å². The van der Waals surface area contributed by atoms with Gasteiger partial charge in [0.1, 0.15) is 0 Å². The van der Waals surface area contributed by atoms with Gasteiger partial charge in [0.05, 0.1) is 23.6 Å². The molecule has 1 rings (SSSR count). The highest BCUT2D eigenvalue weighted by molar-refractivity contribution is 9.10. The van der Waals surface area contributed by atoms with Gasteiger partial charge in [0.15, 0.2) is 0 Å². The fourth-order valence-electron chi connectivity index (χ4n) is 1.47. The van der Waals surface area contributed by atoms with Crippen molar-refractivity contribution in [2.45, 2.75) is 13.3 Å². The molecule has 0 aliphatic rings. The van der Waals surface area contributed by atoms with Crippen LogP contribution < -0.4 is 0 Å². The molecular formula is C13H15BrClNO3. The van der Waals surface area contributed by atoms with Gasteiger partial charge in [-0.2, -0.15) is 0 Å². The van der Waals surface area contributed by atoms with Crippen molar-refractivity contribution >= 4 is 39.4 Å². The second kappa shape index (κ2) is 7.50. The molecule has 104 valence electrons. The molecule has 0 spiro atoms. The molecule has 1 aromatic rings. The molecule has 0 fully saturated rings. The van der Waals surface area contributed by atoms with Gasteiger partial charge in [-0.1, -0.05) is 17.7 Å². The molecule has 0 saturated heterocycles. The maximum absolute atomic E-state index is 12.2. The first-order valence-electron chi connectivity index (χ1n) is 5.82. The van der Waals surface area contributed by atoms with Gasteiger partial charge in [0.2, 0.25) is 0 Å². The number of benzene rings is 1. The number of carbonyl (C=O) groups excluding carboxylic acids is 2. The van der Waals surface area contributed by atoms with Crippen LogP contribution in [0, 0.1) is 0 Å². The molecule has 0 heterocycles. The highest BCUT2D eigenvalue weighted by Gasteiger charge is 2.17. The van der Waals surface area contributed by atoms with E-state index in [1.165, 1.54) is 4.90 Å². The number of carbonyl (C=O) groups is 2. The fraction of sp³-hybridized carbons (Fsp3) is 0.385. The smallest absolute Gasteiger partial charge is 0.307 e. The van der Waals surface area contributed by atoms with Gasteiger partial charge in [-0.05, 0) is 35.0 Å². The average Bonchev–Trinajstić information content (AvgIpc) is 2.38. The monoisotopic (exact) mass is 347 g/mol. The minimum absolute atomic E-state index is 0.168. The van der Waals surface area contributed by atoms with Crippen molar-refractivity contribution in [3.05, 3.63) is 33.3 Å². The molecule has 6 heteroatoms. The number of nitrogens with zero attached hydrogens (tertiary/aromatic N) is 1. The average molecular weight is 349 g/mol. The van der Waals surface area contributed by atoms with E-state index in [1.54, 1.807) is 32.2 Å². The molecule has 0 aliphatic heterocycles. The Morgan fingerprint density at radius 3 is 2.74 bits per heavy atom. The standard InChI is InChI=1S/C13H15BrClNO3/c1-3-19-11(17)7-8-16(2)13(18)9-5-4-6-10(14)12(9)15/h4-6H,3,7-8H2,1-2H3. The van der Waals surface area contributed by atoms with Gasteiger partial charge in [-0.15, -0.1) is 0 Å². The maximum atomic E-state index is 12.2. The second-order valence-electron chi connectivity index (χ2n) is 3.88. The summed E-state index contributed by atoms with van der Waals surface area (Å²) in [6.07, 6.45) is 0.168. The minimum atomic E-state index is -0.317. The highest BCUT2D eigenvalue weighted by Crippen LogP contribution is 2.26. The Balaban J connectivity index is 2.67. The molecule has 0 bridgehead atoms. The summed E-state index contributed by atoms with van der Waals surface area (Å²) in [7, 11) is 1.62. The van der Waals surface area contributed by atoms with E-state index in [2.05, 4.69) is 15.9 Å². The number of halogens is 2. The number of rotatable bonds is 5. The SMILES string of the molecule is CCOC(=O)CCN(C)C(=O)c1cccc(Br)c1Cl. The third-order valence-corrected chi connectivity index (χ3v) is 3.78. The van der Waals surface area contributed by atoms with E-state index in [9.17, 15) is 9.59 Å². The van der Waals surface area contributed by atoms with Gasteiger partial charge in [0.25, 0.3) is 5.91 Å². The van der Waals surface area contributed by atoms with Crippen molar-refractivity contribution in [1.29, 1.82) is 0 Å². The summed E-state index contributed by atoms with van der Waals surface area (Å²) in [5, 5.41) is 0.371. The number of hydrogen-bond donors (Lipinski definition) is 0. The Labute approximate surface area is 125 Å². The molecular weight excluding hydrogens is 334 g/mol. The van der Waals surface area contributed by atoms with Gasteiger partial charge < -0.3 is 9.64 Å². The molecule has 0 saturated carbocycles. The first-order chi connectivity index (χ1) is 8.97. The summed E-state index contributed by atoms with van der Waals surface area (Å²) < 4.78 is 5.48. The van der Waals surface area contributed by atoms with E-state index in [4.69, 9.17) is 16.3 Å². The number of amides is 1. The summed E-state index contributed by atoms with van der Waals surface area (Å²) in [6, 6.07) is 5.15. The summed E-state index contributed by atoms with van der Waals surface area (Å²) in [5.74, 6) is -0.543. The molecule has 0 N–H and O–H groups in total. The quantitative estimate of drug-likeness (QED) is 0.768. The zero-order chi connectivity index (χ0) is 14.4. The third-order valence-electron chi connectivity index (χ3n) is 2.49. The van der Waals surface area contributed by atoms with Crippen LogP contribution in [0.1, 0.15) is 23.7 Å².